The molecular formula is C11H15ClFNO2S. The molecule has 1 unspecified atom stereocenters. The lowest BCUT2D eigenvalue weighted by molar-refractivity contribution is 0.582. The van der Waals surface area contributed by atoms with Gasteiger partial charge in [-0.1, -0.05) is 24.6 Å². The van der Waals surface area contributed by atoms with E-state index in [1.54, 1.807) is 0 Å². The van der Waals surface area contributed by atoms with Gasteiger partial charge < -0.3 is 5.73 Å². The maximum atomic E-state index is 12.9. The van der Waals surface area contributed by atoms with E-state index in [0.29, 0.717) is 12.0 Å². The summed E-state index contributed by atoms with van der Waals surface area (Å²) >= 11 is 5.58. The van der Waals surface area contributed by atoms with Crippen molar-refractivity contribution < 1.29 is 12.8 Å². The largest absolute Gasteiger partial charge is 0.327 e. The Hall–Kier alpha value is -0.650. The molecule has 0 fully saturated rings. The molecule has 0 amide bonds. The summed E-state index contributed by atoms with van der Waals surface area (Å²) in [5, 5.41) is -0.0718. The lowest BCUT2D eigenvalue weighted by atomic mass is 10.2. The van der Waals surface area contributed by atoms with E-state index >= 15 is 0 Å². The molecule has 0 aliphatic rings. The molecule has 0 aliphatic carbocycles. The molecule has 0 saturated carbocycles. The minimum atomic E-state index is -3.28. The lowest BCUT2D eigenvalue weighted by Crippen LogP contribution is -2.29. The van der Waals surface area contributed by atoms with Crippen LogP contribution in [-0.2, 0) is 15.6 Å². The highest BCUT2D eigenvalue weighted by Gasteiger charge is 2.16. The number of rotatable bonds is 5. The summed E-state index contributed by atoms with van der Waals surface area (Å²) in [5.41, 5.74) is 6.07. The van der Waals surface area contributed by atoms with Crippen LogP contribution in [0, 0.1) is 5.82 Å². The van der Waals surface area contributed by atoms with E-state index in [0.717, 1.165) is 6.07 Å². The Balaban J connectivity index is 2.80. The zero-order valence-electron chi connectivity index (χ0n) is 9.49. The van der Waals surface area contributed by atoms with E-state index < -0.39 is 15.7 Å². The predicted octanol–water partition coefficient (Wildman–Crippen LogP) is 2.13. The first-order chi connectivity index (χ1) is 7.84. The van der Waals surface area contributed by atoms with Crippen LogP contribution in [0.3, 0.4) is 0 Å². The molecule has 6 heteroatoms. The first-order valence-corrected chi connectivity index (χ1v) is 7.44. The Morgan fingerprint density at radius 1 is 1.47 bits per heavy atom. The van der Waals surface area contributed by atoms with Crippen LogP contribution in [-0.4, -0.2) is 20.2 Å². The highest BCUT2D eigenvalue weighted by molar-refractivity contribution is 7.90. The zero-order valence-corrected chi connectivity index (χ0v) is 11.1. The SMILES string of the molecule is CCC(N)CS(=O)(=O)Cc1ccc(F)c(Cl)c1. The first kappa shape index (κ1) is 14.4. The maximum Gasteiger partial charge on any atom is 0.155 e. The molecule has 0 bridgehead atoms. The Morgan fingerprint density at radius 2 is 2.12 bits per heavy atom. The Labute approximate surface area is 106 Å². The minimum Gasteiger partial charge on any atom is -0.327 e. The summed E-state index contributed by atoms with van der Waals surface area (Å²) in [6.07, 6.45) is 0.601. The smallest absolute Gasteiger partial charge is 0.155 e. The summed E-state index contributed by atoms with van der Waals surface area (Å²) in [7, 11) is -3.28. The highest BCUT2D eigenvalue weighted by atomic mass is 35.5. The van der Waals surface area contributed by atoms with Gasteiger partial charge in [0, 0.05) is 6.04 Å². The van der Waals surface area contributed by atoms with Gasteiger partial charge >= 0.3 is 0 Å². The summed E-state index contributed by atoms with van der Waals surface area (Å²) in [4.78, 5) is 0. The second kappa shape index (κ2) is 5.80. The van der Waals surface area contributed by atoms with Gasteiger partial charge in [-0.3, -0.25) is 0 Å². The van der Waals surface area contributed by atoms with E-state index in [2.05, 4.69) is 0 Å². The fourth-order valence-corrected chi connectivity index (χ4v) is 3.28. The average molecular weight is 280 g/mol. The molecular weight excluding hydrogens is 265 g/mol. The van der Waals surface area contributed by atoms with E-state index in [-0.39, 0.29) is 22.6 Å². The van der Waals surface area contributed by atoms with Crippen molar-refractivity contribution in [1.29, 1.82) is 0 Å². The Morgan fingerprint density at radius 3 is 2.65 bits per heavy atom. The quantitative estimate of drug-likeness (QED) is 0.898. The van der Waals surface area contributed by atoms with Crippen LogP contribution in [0.4, 0.5) is 4.39 Å². The first-order valence-electron chi connectivity index (χ1n) is 5.24. The molecule has 96 valence electrons. The highest BCUT2D eigenvalue weighted by Crippen LogP contribution is 2.18. The fourth-order valence-electron chi connectivity index (χ4n) is 1.39. The van der Waals surface area contributed by atoms with Crippen LogP contribution < -0.4 is 5.73 Å². The van der Waals surface area contributed by atoms with Gasteiger partial charge in [0.1, 0.15) is 5.82 Å². The van der Waals surface area contributed by atoms with Crippen molar-refractivity contribution in [3.05, 3.63) is 34.6 Å². The van der Waals surface area contributed by atoms with Crippen LogP contribution in [0.15, 0.2) is 18.2 Å². The molecule has 0 saturated heterocycles. The van der Waals surface area contributed by atoms with Crippen LogP contribution in [0.5, 0.6) is 0 Å². The topological polar surface area (TPSA) is 60.2 Å². The fraction of sp³-hybridized carbons (Fsp3) is 0.455. The van der Waals surface area contributed by atoms with Crippen LogP contribution in [0.25, 0.3) is 0 Å². The number of nitrogens with two attached hydrogens (primary N) is 1. The second-order valence-electron chi connectivity index (χ2n) is 3.97. The number of hydrogen-bond acceptors (Lipinski definition) is 3. The van der Waals surface area contributed by atoms with Crippen molar-refractivity contribution in [3.8, 4) is 0 Å². The lowest BCUT2D eigenvalue weighted by Gasteiger charge is -2.10. The molecule has 0 radical (unpaired) electrons. The van der Waals surface area contributed by atoms with Gasteiger partial charge in [-0.05, 0) is 24.1 Å². The van der Waals surface area contributed by atoms with Crippen molar-refractivity contribution in [1.82, 2.24) is 0 Å². The third-order valence-corrected chi connectivity index (χ3v) is 4.36. The molecule has 0 heterocycles. The van der Waals surface area contributed by atoms with Crippen LogP contribution in [0.1, 0.15) is 18.9 Å². The summed E-state index contributed by atoms with van der Waals surface area (Å²) in [6, 6.07) is 3.53. The Kier molecular flexibility index (Phi) is 4.91. The van der Waals surface area contributed by atoms with Gasteiger partial charge in [-0.15, -0.1) is 0 Å². The molecule has 2 N–H and O–H groups in total. The van der Waals surface area contributed by atoms with Crippen molar-refractivity contribution in [2.24, 2.45) is 5.73 Å². The normalized spacial score (nSPS) is 13.6. The molecule has 0 aromatic heterocycles. The van der Waals surface area contributed by atoms with Crippen molar-refractivity contribution >= 4 is 21.4 Å². The van der Waals surface area contributed by atoms with Gasteiger partial charge in [0.25, 0.3) is 0 Å². The molecule has 0 aliphatic heterocycles. The van der Waals surface area contributed by atoms with Crippen molar-refractivity contribution in [2.75, 3.05) is 5.75 Å². The molecule has 17 heavy (non-hydrogen) atoms. The van der Waals surface area contributed by atoms with E-state index in [4.69, 9.17) is 17.3 Å². The maximum absolute atomic E-state index is 12.9. The van der Waals surface area contributed by atoms with E-state index in [1.165, 1.54) is 12.1 Å². The second-order valence-corrected chi connectivity index (χ2v) is 6.49. The molecule has 0 spiro atoms. The number of benzene rings is 1. The minimum absolute atomic E-state index is 0.0709. The Bertz CT molecular complexity index is 490. The summed E-state index contributed by atoms with van der Waals surface area (Å²) < 4.78 is 36.4. The van der Waals surface area contributed by atoms with Gasteiger partial charge in [0.05, 0.1) is 16.5 Å². The van der Waals surface area contributed by atoms with Gasteiger partial charge in [-0.2, -0.15) is 0 Å². The average Bonchev–Trinajstić information content (AvgIpc) is 2.22. The summed E-state index contributed by atoms with van der Waals surface area (Å²) in [6.45, 7) is 1.83. The number of sulfone groups is 1. The van der Waals surface area contributed by atoms with Crippen molar-refractivity contribution in [3.63, 3.8) is 0 Å². The van der Waals surface area contributed by atoms with Gasteiger partial charge in [0.15, 0.2) is 9.84 Å². The molecule has 1 aromatic carbocycles. The van der Waals surface area contributed by atoms with E-state index in [1.807, 2.05) is 6.92 Å². The van der Waals surface area contributed by atoms with Gasteiger partial charge in [-0.25, -0.2) is 12.8 Å². The zero-order chi connectivity index (χ0) is 13.1. The van der Waals surface area contributed by atoms with Crippen LogP contribution in [0.2, 0.25) is 5.02 Å². The number of hydrogen-bond donors (Lipinski definition) is 1. The predicted molar refractivity (Wildman–Crippen MR) is 67.2 cm³/mol. The standard InChI is InChI=1S/C11H15ClFNO2S/c1-2-9(14)7-17(15,16)6-8-3-4-11(13)10(12)5-8/h3-5,9H,2,6-7,14H2,1H3. The molecule has 3 nitrogen and oxygen atoms in total. The van der Waals surface area contributed by atoms with E-state index in [9.17, 15) is 12.8 Å². The van der Waals surface area contributed by atoms with Crippen LogP contribution >= 0.6 is 11.6 Å². The number of halogens is 2. The molecule has 1 rings (SSSR count). The monoisotopic (exact) mass is 279 g/mol. The summed E-state index contributed by atoms with van der Waals surface area (Å²) in [5.74, 6) is -0.794. The van der Waals surface area contributed by atoms with Gasteiger partial charge in [0.2, 0.25) is 0 Å². The molecule has 1 atom stereocenters. The third-order valence-electron chi connectivity index (χ3n) is 2.36. The van der Waals surface area contributed by atoms with Crippen molar-refractivity contribution in [2.45, 2.75) is 25.1 Å². The third kappa shape index (κ3) is 4.61. The molecule has 1 aromatic rings.